The van der Waals surface area contributed by atoms with Gasteiger partial charge in [-0.25, -0.2) is 9.79 Å². The molecule has 2 aromatic rings. The number of aliphatic hydroxyl groups is 1. The van der Waals surface area contributed by atoms with E-state index in [1.807, 2.05) is 0 Å². The van der Waals surface area contributed by atoms with E-state index in [4.69, 9.17) is 4.74 Å². The number of non-ortho nitro benzene ring substituents is 1. The number of aliphatic imine (C=N–C) groups is 1. The quantitative estimate of drug-likeness (QED) is 0.457. The predicted octanol–water partition coefficient (Wildman–Crippen LogP) is 4.18. The van der Waals surface area contributed by atoms with Crippen molar-refractivity contribution in [2.45, 2.75) is 6.92 Å². The summed E-state index contributed by atoms with van der Waals surface area (Å²) in [6.45, 7) is 1.81. The summed E-state index contributed by atoms with van der Waals surface area (Å²) in [5.41, 5.74) is 0.897. The van der Waals surface area contributed by atoms with Gasteiger partial charge in [-0.3, -0.25) is 15.1 Å². The summed E-state index contributed by atoms with van der Waals surface area (Å²) < 4.78 is 5.03. The van der Waals surface area contributed by atoms with Gasteiger partial charge in [0.25, 0.3) is 5.69 Å². The highest BCUT2D eigenvalue weighted by Crippen LogP contribution is 2.40. The van der Waals surface area contributed by atoms with Gasteiger partial charge in [0.1, 0.15) is 16.4 Å². The molecule has 0 radical (unpaired) electrons. The van der Waals surface area contributed by atoms with Gasteiger partial charge in [0.15, 0.2) is 0 Å². The molecule has 0 unspecified atom stereocenters. The maximum absolute atomic E-state index is 12.3. The lowest BCUT2D eigenvalue weighted by Gasteiger charge is -2.03. The third-order valence-electron chi connectivity index (χ3n) is 3.63. The molecule has 1 aliphatic rings. The number of nitro groups is 1. The van der Waals surface area contributed by atoms with Crippen molar-refractivity contribution in [1.82, 2.24) is 4.98 Å². The van der Waals surface area contributed by atoms with Crippen molar-refractivity contribution in [3.8, 4) is 0 Å². The van der Waals surface area contributed by atoms with Crippen molar-refractivity contribution in [1.29, 1.82) is 0 Å². The first kappa shape index (κ1) is 19.3. The van der Waals surface area contributed by atoms with E-state index in [1.54, 1.807) is 37.4 Å². The fourth-order valence-electron chi connectivity index (χ4n) is 2.35. The number of esters is 1. The number of pyridine rings is 1. The van der Waals surface area contributed by atoms with Gasteiger partial charge < -0.3 is 9.84 Å². The van der Waals surface area contributed by atoms with Crippen LogP contribution >= 0.6 is 11.8 Å². The number of nitrogens with zero attached hydrogens (tertiary/aromatic N) is 3. The van der Waals surface area contributed by atoms with Gasteiger partial charge in [-0.2, -0.15) is 0 Å². The number of carbonyl (C=O) groups excluding carboxylic acids is 1. The fourth-order valence-corrected chi connectivity index (χ4v) is 3.37. The van der Waals surface area contributed by atoms with E-state index in [9.17, 15) is 20.0 Å². The molecule has 142 valence electrons. The van der Waals surface area contributed by atoms with Gasteiger partial charge in [0, 0.05) is 18.3 Å². The Labute approximate surface area is 164 Å². The minimum Gasteiger partial charge on any atom is -0.506 e. The number of benzene rings is 1. The molecule has 0 aliphatic carbocycles. The molecule has 1 N–H and O–H groups in total. The SMILES string of the molecule is CCOC(=O)C1=C(O)/C(=C/c2ccccn2)SC1=Nc1ccc([N+](=O)[O-])cc1. The van der Waals surface area contributed by atoms with E-state index >= 15 is 0 Å². The maximum Gasteiger partial charge on any atom is 0.344 e. The molecule has 1 aromatic carbocycles. The van der Waals surface area contributed by atoms with E-state index in [-0.39, 0.29) is 28.7 Å². The van der Waals surface area contributed by atoms with Crippen LogP contribution in [0.5, 0.6) is 0 Å². The predicted molar refractivity (Wildman–Crippen MR) is 106 cm³/mol. The van der Waals surface area contributed by atoms with Crippen molar-refractivity contribution < 1.29 is 19.6 Å². The average Bonchev–Trinajstić information content (AvgIpc) is 2.98. The monoisotopic (exact) mass is 397 g/mol. The van der Waals surface area contributed by atoms with Crippen molar-refractivity contribution in [2.75, 3.05) is 6.61 Å². The molecule has 9 heteroatoms. The molecule has 8 nitrogen and oxygen atoms in total. The molecule has 0 atom stereocenters. The van der Waals surface area contributed by atoms with Gasteiger partial charge in [0.2, 0.25) is 0 Å². The first-order valence-electron chi connectivity index (χ1n) is 8.24. The molecule has 0 spiro atoms. The molecule has 1 aliphatic heterocycles. The van der Waals surface area contributed by atoms with Crippen LogP contribution < -0.4 is 0 Å². The summed E-state index contributed by atoms with van der Waals surface area (Å²) in [5, 5.41) is 21.6. The van der Waals surface area contributed by atoms with Gasteiger partial charge in [0.05, 0.1) is 27.8 Å². The second kappa shape index (κ2) is 8.49. The summed E-state index contributed by atoms with van der Waals surface area (Å²) in [6.07, 6.45) is 3.25. The Balaban J connectivity index is 2.00. The minimum absolute atomic E-state index is 0.0487. The van der Waals surface area contributed by atoms with E-state index in [2.05, 4.69) is 9.98 Å². The zero-order valence-corrected chi connectivity index (χ0v) is 15.5. The van der Waals surface area contributed by atoms with E-state index in [0.29, 0.717) is 16.3 Å². The Morgan fingerprint density at radius 1 is 1.32 bits per heavy atom. The molecule has 3 rings (SSSR count). The second-order valence-corrected chi connectivity index (χ2v) is 6.53. The number of carbonyl (C=O) groups is 1. The first-order valence-corrected chi connectivity index (χ1v) is 9.06. The van der Waals surface area contributed by atoms with E-state index < -0.39 is 10.9 Å². The number of hydrogen-bond donors (Lipinski definition) is 1. The number of thioether (sulfide) groups is 1. The summed E-state index contributed by atoms with van der Waals surface area (Å²) in [6, 6.07) is 10.9. The smallest absolute Gasteiger partial charge is 0.344 e. The number of aliphatic hydroxyl groups excluding tert-OH is 1. The number of hydrogen-bond acceptors (Lipinski definition) is 8. The summed E-state index contributed by atoms with van der Waals surface area (Å²) in [7, 11) is 0. The topological polar surface area (TPSA) is 115 Å². The van der Waals surface area contributed by atoms with Crippen LogP contribution in [-0.2, 0) is 9.53 Å². The summed E-state index contributed by atoms with van der Waals surface area (Å²) in [5.74, 6) is -0.938. The highest BCUT2D eigenvalue weighted by atomic mass is 32.2. The molecule has 0 fully saturated rings. The Morgan fingerprint density at radius 3 is 2.68 bits per heavy atom. The van der Waals surface area contributed by atoms with Crippen molar-refractivity contribution >= 4 is 40.2 Å². The van der Waals surface area contributed by atoms with Gasteiger partial charge in [-0.05, 0) is 37.3 Å². The van der Waals surface area contributed by atoms with Crippen LogP contribution in [0.3, 0.4) is 0 Å². The van der Waals surface area contributed by atoms with E-state index in [1.165, 1.54) is 24.3 Å². The third kappa shape index (κ3) is 4.26. The highest BCUT2D eigenvalue weighted by molar-refractivity contribution is 8.18. The lowest BCUT2D eigenvalue weighted by molar-refractivity contribution is -0.384. The molecular formula is C19H15N3O5S. The number of nitro benzene ring substituents is 1. The number of rotatable bonds is 5. The van der Waals surface area contributed by atoms with Crippen LogP contribution in [0, 0.1) is 10.1 Å². The standard InChI is InChI=1S/C19H15N3O5S/c1-2-27-19(24)16-17(23)15(11-13-5-3-4-10-20-13)28-18(16)21-12-6-8-14(9-7-12)22(25)26/h3-11,23H,2H2,1H3/b15-11-,21-18?. The van der Waals surface area contributed by atoms with Crippen LogP contribution in [0.1, 0.15) is 12.6 Å². The lowest BCUT2D eigenvalue weighted by atomic mass is 10.2. The van der Waals surface area contributed by atoms with Crippen molar-refractivity contribution in [3.05, 3.63) is 80.7 Å². The Bertz CT molecular complexity index is 998. The minimum atomic E-state index is -0.697. The van der Waals surface area contributed by atoms with Crippen LogP contribution in [0.4, 0.5) is 11.4 Å². The number of ether oxygens (including phenoxy) is 1. The maximum atomic E-state index is 12.3. The molecule has 0 bridgehead atoms. The third-order valence-corrected chi connectivity index (χ3v) is 4.65. The molecule has 1 aromatic heterocycles. The lowest BCUT2D eigenvalue weighted by Crippen LogP contribution is -2.12. The first-order chi connectivity index (χ1) is 13.5. The molecular weight excluding hydrogens is 382 g/mol. The van der Waals surface area contributed by atoms with Crippen LogP contribution in [0.25, 0.3) is 6.08 Å². The Kier molecular flexibility index (Phi) is 5.85. The molecule has 2 heterocycles. The van der Waals surface area contributed by atoms with E-state index in [0.717, 1.165) is 11.8 Å². The van der Waals surface area contributed by atoms with Gasteiger partial charge >= 0.3 is 5.97 Å². The average molecular weight is 397 g/mol. The Hall–Kier alpha value is -3.46. The molecule has 0 saturated carbocycles. The van der Waals surface area contributed by atoms with Gasteiger partial charge in [-0.15, -0.1) is 0 Å². The summed E-state index contributed by atoms with van der Waals surface area (Å²) in [4.78, 5) is 31.5. The molecule has 0 saturated heterocycles. The van der Waals surface area contributed by atoms with Crippen LogP contribution in [0.2, 0.25) is 0 Å². The van der Waals surface area contributed by atoms with Gasteiger partial charge in [-0.1, -0.05) is 17.8 Å². The molecule has 28 heavy (non-hydrogen) atoms. The van der Waals surface area contributed by atoms with Crippen molar-refractivity contribution in [2.24, 2.45) is 4.99 Å². The largest absolute Gasteiger partial charge is 0.506 e. The van der Waals surface area contributed by atoms with Crippen LogP contribution in [-0.4, -0.2) is 32.6 Å². The highest BCUT2D eigenvalue weighted by Gasteiger charge is 2.33. The van der Waals surface area contributed by atoms with Crippen molar-refractivity contribution in [3.63, 3.8) is 0 Å². The molecule has 0 amide bonds. The normalized spacial score (nSPS) is 16.6. The number of aromatic nitrogens is 1. The zero-order valence-electron chi connectivity index (χ0n) is 14.7. The second-order valence-electron chi connectivity index (χ2n) is 5.50. The summed E-state index contributed by atoms with van der Waals surface area (Å²) >= 11 is 1.09. The fraction of sp³-hybridized carbons (Fsp3) is 0.105. The zero-order chi connectivity index (χ0) is 20.1. The Morgan fingerprint density at radius 2 is 2.07 bits per heavy atom. The van der Waals surface area contributed by atoms with Crippen LogP contribution in [0.15, 0.2) is 69.9 Å².